The summed E-state index contributed by atoms with van der Waals surface area (Å²) in [5.74, 6) is -0.887. The highest BCUT2D eigenvalue weighted by atomic mass is 28.4. The highest BCUT2D eigenvalue weighted by Gasteiger charge is 2.40. The van der Waals surface area contributed by atoms with Crippen LogP contribution in [0.25, 0.3) is 11.1 Å². The highest BCUT2D eigenvalue weighted by Crippen LogP contribution is 2.44. The Labute approximate surface area is 214 Å². The standard InChI is InChI=1S/C28H38N2O5Si/c1-28(2,3)36(4,5)35-15-14-30-17-19(16-25(30)26(31)32)29-27(33)34-18-24-22-12-8-6-10-20(22)21-11-7-9-13-23(21)24/h6-13,19,24-25H,14-18H2,1-5H3,(H,29,33)(H,31,32)/t19-,25-/m0/s1. The first kappa shape index (κ1) is 26.4. The normalized spacial score (nSPS) is 20.1. The fourth-order valence-corrected chi connectivity index (χ4v) is 5.99. The zero-order valence-electron chi connectivity index (χ0n) is 21.9. The molecule has 1 aliphatic carbocycles. The molecule has 194 valence electrons. The Bertz CT molecular complexity index is 1070. The predicted molar refractivity (Wildman–Crippen MR) is 143 cm³/mol. The summed E-state index contributed by atoms with van der Waals surface area (Å²) < 4.78 is 11.9. The van der Waals surface area contributed by atoms with Gasteiger partial charge in [0.05, 0.1) is 0 Å². The van der Waals surface area contributed by atoms with Crippen LogP contribution in [-0.4, -0.2) is 68.8 Å². The van der Waals surface area contributed by atoms with Crippen molar-refractivity contribution in [2.75, 3.05) is 26.3 Å². The fourth-order valence-electron chi connectivity index (χ4n) is 4.95. The van der Waals surface area contributed by atoms with Gasteiger partial charge in [0, 0.05) is 31.7 Å². The van der Waals surface area contributed by atoms with Gasteiger partial charge in [0.25, 0.3) is 0 Å². The number of nitrogens with one attached hydrogen (secondary N) is 1. The third kappa shape index (κ3) is 5.50. The number of amides is 1. The van der Waals surface area contributed by atoms with Crippen molar-refractivity contribution in [2.24, 2.45) is 0 Å². The molecule has 0 spiro atoms. The minimum Gasteiger partial charge on any atom is -0.480 e. The molecule has 2 aromatic rings. The van der Waals surface area contributed by atoms with Crippen molar-refractivity contribution in [3.63, 3.8) is 0 Å². The number of hydrogen-bond acceptors (Lipinski definition) is 5. The molecule has 4 rings (SSSR count). The molecule has 7 nitrogen and oxygen atoms in total. The van der Waals surface area contributed by atoms with Crippen molar-refractivity contribution in [3.8, 4) is 11.1 Å². The molecule has 2 N–H and O–H groups in total. The molecule has 1 aliphatic heterocycles. The van der Waals surface area contributed by atoms with E-state index in [0.717, 1.165) is 11.1 Å². The number of carbonyl (C=O) groups is 2. The molecule has 0 radical (unpaired) electrons. The van der Waals surface area contributed by atoms with E-state index in [1.165, 1.54) is 11.1 Å². The van der Waals surface area contributed by atoms with E-state index in [-0.39, 0.29) is 23.6 Å². The number of alkyl carbamates (subject to hydrolysis) is 1. The van der Waals surface area contributed by atoms with Crippen LogP contribution in [0.1, 0.15) is 44.2 Å². The molecule has 1 amide bonds. The topological polar surface area (TPSA) is 88.1 Å². The molecule has 0 aromatic heterocycles. The van der Waals surface area contributed by atoms with E-state index >= 15 is 0 Å². The quantitative estimate of drug-likeness (QED) is 0.482. The summed E-state index contributed by atoms with van der Waals surface area (Å²) in [5, 5.41) is 12.7. The van der Waals surface area contributed by atoms with E-state index in [9.17, 15) is 14.7 Å². The van der Waals surface area contributed by atoms with Crippen LogP contribution in [0.5, 0.6) is 0 Å². The molecule has 2 aromatic carbocycles. The summed E-state index contributed by atoms with van der Waals surface area (Å²) in [5.41, 5.74) is 4.67. The molecule has 2 atom stereocenters. The van der Waals surface area contributed by atoms with Gasteiger partial charge in [-0.05, 0) is 46.8 Å². The minimum absolute atomic E-state index is 0.0116. The summed E-state index contributed by atoms with van der Waals surface area (Å²) in [6, 6.07) is 15.5. The van der Waals surface area contributed by atoms with E-state index in [4.69, 9.17) is 9.16 Å². The molecule has 8 heteroatoms. The number of likely N-dealkylation sites (tertiary alicyclic amines) is 1. The second-order valence-electron chi connectivity index (χ2n) is 11.4. The first-order valence-electron chi connectivity index (χ1n) is 12.7. The van der Waals surface area contributed by atoms with E-state index in [0.29, 0.717) is 26.1 Å². The van der Waals surface area contributed by atoms with Gasteiger partial charge in [0.2, 0.25) is 0 Å². The number of hydrogen-bond donors (Lipinski definition) is 2. The van der Waals surface area contributed by atoms with Gasteiger partial charge in [-0.1, -0.05) is 69.3 Å². The Morgan fingerprint density at radius 2 is 1.64 bits per heavy atom. The maximum absolute atomic E-state index is 12.7. The minimum atomic E-state index is -1.91. The van der Waals surface area contributed by atoms with Crippen LogP contribution in [-0.2, 0) is 14.0 Å². The average Bonchev–Trinajstić information content (AvgIpc) is 3.36. The van der Waals surface area contributed by atoms with E-state index in [1.54, 1.807) is 0 Å². The first-order valence-corrected chi connectivity index (χ1v) is 15.6. The lowest BCUT2D eigenvalue weighted by atomic mass is 9.98. The second kappa shape index (κ2) is 10.4. The number of rotatable bonds is 8. The lowest BCUT2D eigenvalue weighted by Gasteiger charge is -2.36. The predicted octanol–water partition coefficient (Wildman–Crippen LogP) is 5.07. The highest BCUT2D eigenvalue weighted by molar-refractivity contribution is 6.74. The van der Waals surface area contributed by atoms with Crippen molar-refractivity contribution in [1.82, 2.24) is 10.2 Å². The molecular formula is C28H38N2O5Si. The smallest absolute Gasteiger partial charge is 0.407 e. The Balaban J connectivity index is 1.32. The summed E-state index contributed by atoms with van der Waals surface area (Å²) in [6.07, 6.45) is -0.162. The summed E-state index contributed by atoms with van der Waals surface area (Å²) in [7, 11) is -1.91. The number of ether oxygens (including phenoxy) is 1. The maximum Gasteiger partial charge on any atom is 0.407 e. The van der Waals surface area contributed by atoms with Gasteiger partial charge >= 0.3 is 12.1 Å². The number of benzene rings is 2. The molecule has 0 saturated carbocycles. The lowest BCUT2D eigenvalue weighted by Crippen LogP contribution is -2.44. The van der Waals surface area contributed by atoms with Crippen molar-refractivity contribution in [1.29, 1.82) is 0 Å². The van der Waals surface area contributed by atoms with Gasteiger partial charge in [-0.3, -0.25) is 9.69 Å². The van der Waals surface area contributed by atoms with E-state index in [1.807, 2.05) is 29.2 Å². The van der Waals surface area contributed by atoms with Gasteiger partial charge in [0.1, 0.15) is 12.6 Å². The van der Waals surface area contributed by atoms with Gasteiger partial charge in [-0.15, -0.1) is 0 Å². The molecule has 1 fully saturated rings. The van der Waals surface area contributed by atoms with E-state index < -0.39 is 26.4 Å². The number of fused-ring (bicyclic) bond motifs is 3. The van der Waals surface area contributed by atoms with Crippen molar-refractivity contribution < 1.29 is 23.9 Å². The zero-order valence-corrected chi connectivity index (χ0v) is 22.9. The zero-order chi connectivity index (χ0) is 26.1. The number of carbonyl (C=O) groups excluding carboxylic acids is 1. The molecule has 36 heavy (non-hydrogen) atoms. The summed E-state index contributed by atoms with van der Waals surface area (Å²) in [4.78, 5) is 26.5. The molecule has 2 aliphatic rings. The largest absolute Gasteiger partial charge is 0.480 e. The number of nitrogens with zero attached hydrogens (tertiary/aromatic N) is 1. The van der Waals surface area contributed by atoms with Crippen molar-refractivity contribution in [2.45, 2.75) is 63.3 Å². The Morgan fingerprint density at radius 1 is 1.06 bits per heavy atom. The van der Waals surface area contributed by atoms with Crippen LogP contribution in [0.3, 0.4) is 0 Å². The average molecular weight is 511 g/mol. The molecule has 1 saturated heterocycles. The monoisotopic (exact) mass is 510 g/mol. The molecule has 1 heterocycles. The molecule has 0 bridgehead atoms. The van der Waals surface area contributed by atoms with Gasteiger partial charge in [-0.2, -0.15) is 0 Å². The fraction of sp³-hybridized carbons (Fsp3) is 0.500. The van der Waals surface area contributed by atoms with Crippen molar-refractivity contribution >= 4 is 20.4 Å². The van der Waals surface area contributed by atoms with E-state index in [2.05, 4.69) is 63.4 Å². The Morgan fingerprint density at radius 3 is 2.19 bits per heavy atom. The molecule has 0 unspecified atom stereocenters. The summed E-state index contributed by atoms with van der Waals surface area (Å²) in [6.45, 7) is 12.6. The number of carboxylic acids is 1. The van der Waals surface area contributed by atoms with Crippen molar-refractivity contribution in [3.05, 3.63) is 59.7 Å². The maximum atomic E-state index is 12.7. The van der Waals surface area contributed by atoms with Crippen LogP contribution in [0.2, 0.25) is 18.1 Å². The number of aliphatic carboxylic acids is 1. The summed E-state index contributed by atoms with van der Waals surface area (Å²) >= 11 is 0. The van der Waals surface area contributed by atoms with Crippen LogP contribution >= 0.6 is 0 Å². The number of carboxylic acid groups (broad SMARTS) is 1. The van der Waals surface area contributed by atoms with Gasteiger partial charge < -0.3 is 19.6 Å². The molecular weight excluding hydrogens is 472 g/mol. The second-order valence-corrected chi connectivity index (χ2v) is 16.2. The Kier molecular flexibility index (Phi) is 7.59. The lowest BCUT2D eigenvalue weighted by molar-refractivity contribution is -0.142. The SMILES string of the molecule is CC(C)(C)[Si](C)(C)OCCN1C[C@@H](NC(=O)OCC2c3ccccc3-c3ccccc32)C[C@H]1C(=O)O. The first-order chi connectivity index (χ1) is 17.0. The van der Waals surface area contributed by atoms with Crippen LogP contribution in [0.15, 0.2) is 48.5 Å². The third-order valence-electron chi connectivity index (χ3n) is 8.00. The van der Waals surface area contributed by atoms with Crippen LogP contribution in [0.4, 0.5) is 4.79 Å². The van der Waals surface area contributed by atoms with Gasteiger partial charge in [-0.25, -0.2) is 4.79 Å². The van der Waals surface area contributed by atoms with Crippen LogP contribution < -0.4 is 5.32 Å². The Hall–Kier alpha value is -2.68. The third-order valence-corrected chi connectivity index (χ3v) is 12.5. The van der Waals surface area contributed by atoms with Gasteiger partial charge in [0.15, 0.2) is 8.32 Å². The van der Waals surface area contributed by atoms with Crippen LogP contribution in [0, 0.1) is 0 Å².